The molecule has 0 aliphatic heterocycles. The lowest BCUT2D eigenvalue weighted by Crippen LogP contribution is -2.39. The summed E-state index contributed by atoms with van der Waals surface area (Å²) >= 11 is 0. The average Bonchev–Trinajstić information content (AvgIpc) is 2.69. The molecule has 2 aromatic carbocycles. The van der Waals surface area contributed by atoms with E-state index in [1.165, 1.54) is 13.0 Å². The fourth-order valence-electron chi connectivity index (χ4n) is 2.64. The van der Waals surface area contributed by atoms with Gasteiger partial charge in [-0.1, -0.05) is 24.3 Å². The summed E-state index contributed by atoms with van der Waals surface area (Å²) in [6, 6.07) is 14.1. The highest BCUT2D eigenvalue weighted by Crippen LogP contribution is 2.17. The molecule has 2 rings (SSSR count). The van der Waals surface area contributed by atoms with Gasteiger partial charge < -0.3 is 20.7 Å². The van der Waals surface area contributed by atoms with E-state index < -0.39 is 0 Å². The van der Waals surface area contributed by atoms with Crippen LogP contribution in [0.4, 0.5) is 10.1 Å². The van der Waals surface area contributed by atoms with Crippen molar-refractivity contribution in [3.63, 3.8) is 0 Å². The van der Waals surface area contributed by atoms with E-state index in [0.717, 1.165) is 24.2 Å². The number of nitrogens with zero attached hydrogens (tertiary/aromatic N) is 1. The van der Waals surface area contributed by atoms with Crippen LogP contribution in [0.2, 0.25) is 0 Å². The van der Waals surface area contributed by atoms with Crippen LogP contribution in [-0.2, 0) is 11.2 Å². The number of carbonyl (C=O) groups is 1. The molecule has 7 heteroatoms. The van der Waals surface area contributed by atoms with Crippen LogP contribution in [0.25, 0.3) is 0 Å². The van der Waals surface area contributed by atoms with Crippen molar-refractivity contribution in [1.82, 2.24) is 10.6 Å². The second-order valence-corrected chi connectivity index (χ2v) is 6.63. The first-order valence-electron chi connectivity index (χ1n) is 9.77. The van der Waals surface area contributed by atoms with E-state index in [4.69, 9.17) is 4.74 Å². The van der Waals surface area contributed by atoms with E-state index in [-0.39, 0.29) is 23.6 Å². The Hall–Kier alpha value is -3.09. The van der Waals surface area contributed by atoms with E-state index in [9.17, 15) is 9.18 Å². The van der Waals surface area contributed by atoms with Gasteiger partial charge in [0, 0.05) is 25.7 Å². The van der Waals surface area contributed by atoms with Crippen molar-refractivity contribution < 1.29 is 13.9 Å². The molecule has 2 aromatic rings. The summed E-state index contributed by atoms with van der Waals surface area (Å²) in [5, 5.41) is 9.23. The molecular formula is C22H29FN4O2. The largest absolute Gasteiger partial charge is 0.486 e. The fraction of sp³-hybridized carbons (Fsp3) is 0.364. The van der Waals surface area contributed by atoms with Crippen LogP contribution in [-0.4, -0.2) is 37.6 Å². The van der Waals surface area contributed by atoms with Crippen molar-refractivity contribution in [3.8, 4) is 5.75 Å². The zero-order valence-corrected chi connectivity index (χ0v) is 17.2. The molecule has 0 fully saturated rings. The highest BCUT2D eigenvalue weighted by Gasteiger charge is 2.08. The van der Waals surface area contributed by atoms with Gasteiger partial charge in [0.1, 0.15) is 6.10 Å². The molecule has 0 saturated carbocycles. The molecule has 0 saturated heterocycles. The third kappa shape index (κ3) is 8.21. The van der Waals surface area contributed by atoms with E-state index in [2.05, 4.69) is 20.9 Å². The first-order chi connectivity index (χ1) is 14.0. The average molecular weight is 400 g/mol. The number of guanidine groups is 1. The van der Waals surface area contributed by atoms with Gasteiger partial charge in [-0.2, -0.15) is 0 Å². The number of hydrogen-bond acceptors (Lipinski definition) is 3. The molecule has 29 heavy (non-hydrogen) atoms. The van der Waals surface area contributed by atoms with Crippen molar-refractivity contribution in [3.05, 3.63) is 59.9 Å². The summed E-state index contributed by atoms with van der Waals surface area (Å²) in [5.41, 5.74) is 1.94. The molecule has 6 nitrogen and oxygen atoms in total. The van der Waals surface area contributed by atoms with Crippen molar-refractivity contribution in [2.75, 3.05) is 25.0 Å². The van der Waals surface area contributed by atoms with E-state index in [0.29, 0.717) is 19.0 Å². The van der Waals surface area contributed by atoms with Gasteiger partial charge >= 0.3 is 0 Å². The minimum Gasteiger partial charge on any atom is -0.486 e. The summed E-state index contributed by atoms with van der Waals surface area (Å²) < 4.78 is 19.3. The van der Waals surface area contributed by atoms with Gasteiger partial charge in [0.15, 0.2) is 17.5 Å². The molecular weight excluding hydrogens is 371 g/mol. The third-order valence-corrected chi connectivity index (χ3v) is 4.00. The monoisotopic (exact) mass is 400 g/mol. The summed E-state index contributed by atoms with van der Waals surface area (Å²) in [4.78, 5) is 15.6. The first-order valence-corrected chi connectivity index (χ1v) is 9.77. The van der Waals surface area contributed by atoms with Crippen LogP contribution in [0, 0.1) is 5.82 Å². The predicted molar refractivity (Wildman–Crippen MR) is 115 cm³/mol. The molecule has 0 bridgehead atoms. The second kappa shape index (κ2) is 11.7. The molecule has 1 unspecified atom stereocenters. The summed E-state index contributed by atoms with van der Waals surface area (Å²) in [6.45, 7) is 7.18. The number of ether oxygens (including phenoxy) is 1. The van der Waals surface area contributed by atoms with Crippen molar-refractivity contribution in [2.24, 2.45) is 4.99 Å². The number of nitrogens with one attached hydrogen (secondary N) is 3. The molecule has 0 spiro atoms. The molecule has 0 aliphatic rings. The molecule has 0 radical (unpaired) electrons. The maximum Gasteiger partial charge on any atom is 0.221 e. The number of para-hydroxylation sites is 1. The third-order valence-electron chi connectivity index (χ3n) is 4.00. The molecule has 1 amide bonds. The molecule has 3 N–H and O–H groups in total. The Labute approximate surface area is 171 Å². The Balaban J connectivity index is 1.82. The minimum atomic E-state index is -0.377. The van der Waals surface area contributed by atoms with E-state index >= 15 is 0 Å². The Kier molecular flexibility index (Phi) is 8.95. The number of anilines is 1. The second-order valence-electron chi connectivity index (χ2n) is 6.63. The Morgan fingerprint density at radius 1 is 1.14 bits per heavy atom. The number of rotatable bonds is 9. The van der Waals surface area contributed by atoms with Gasteiger partial charge in [-0.25, -0.2) is 9.38 Å². The van der Waals surface area contributed by atoms with Crippen LogP contribution in [0.5, 0.6) is 5.75 Å². The lowest BCUT2D eigenvalue weighted by atomic mass is 10.1. The Morgan fingerprint density at radius 2 is 1.86 bits per heavy atom. The molecule has 1 atom stereocenters. The first kappa shape index (κ1) is 22.2. The zero-order chi connectivity index (χ0) is 21.1. The van der Waals surface area contributed by atoms with Gasteiger partial charge in [-0.05, 0) is 50.1 Å². The van der Waals surface area contributed by atoms with Gasteiger partial charge in [-0.15, -0.1) is 0 Å². The minimum absolute atomic E-state index is 0.0841. The van der Waals surface area contributed by atoms with Crippen molar-refractivity contribution >= 4 is 17.6 Å². The lowest BCUT2D eigenvalue weighted by Gasteiger charge is -2.15. The summed E-state index contributed by atoms with van der Waals surface area (Å²) in [5.74, 6) is 0.458. The maximum atomic E-state index is 13.7. The highest BCUT2D eigenvalue weighted by molar-refractivity contribution is 5.88. The number of hydrogen-bond donors (Lipinski definition) is 3. The van der Waals surface area contributed by atoms with Gasteiger partial charge in [0.05, 0.1) is 6.54 Å². The SMILES string of the molecule is CCNC(=NCC(C)Oc1ccccc1F)NCCc1ccc(NC(C)=O)cc1. The predicted octanol–water partition coefficient (Wildman–Crippen LogP) is 3.35. The van der Waals surface area contributed by atoms with Gasteiger partial charge in [0.25, 0.3) is 0 Å². The van der Waals surface area contributed by atoms with Crippen molar-refractivity contribution in [1.29, 1.82) is 0 Å². The normalized spacial score (nSPS) is 12.2. The number of carbonyl (C=O) groups excluding carboxylic acids is 1. The molecule has 156 valence electrons. The highest BCUT2D eigenvalue weighted by atomic mass is 19.1. The molecule has 0 heterocycles. The summed E-state index contributed by atoms with van der Waals surface area (Å²) in [7, 11) is 0. The summed E-state index contributed by atoms with van der Waals surface area (Å²) in [6.07, 6.45) is 0.551. The van der Waals surface area contributed by atoms with Crippen LogP contribution < -0.4 is 20.7 Å². The van der Waals surface area contributed by atoms with E-state index in [1.54, 1.807) is 18.2 Å². The number of benzene rings is 2. The fourth-order valence-corrected chi connectivity index (χ4v) is 2.64. The number of aliphatic imine (C=N–C) groups is 1. The Morgan fingerprint density at radius 3 is 2.52 bits per heavy atom. The molecule has 0 aliphatic carbocycles. The standard InChI is InChI=1S/C22H29FN4O2/c1-4-24-22(26-15-16(2)29-21-8-6-5-7-20(21)23)25-14-13-18-9-11-19(12-10-18)27-17(3)28/h5-12,16H,4,13-15H2,1-3H3,(H,27,28)(H2,24,25,26). The van der Waals surface area contributed by atoms with Crippen LogP contribution >= 0.6 is 0 Å². The van der Waals surface area contributed by atoms with Crippen LogP contribution in [0.15, 0.2) is 53.5 Å². The maximum absolute atomic E-state index is 13.7. The number of amides is 1. The Bertz CT molecular complexity index is 809. The quantitative estimate of drug-likeness (QED) is 0.446. The van der Waals surface area contributed by atoms with Gasteiger partial charge in [-0.3, -0.25) is 4.79 Å². The van der Waals surface area contributed by atoms with Crippen LogP contribution in [0.1, 0.15) is 26.3 Å². The van der Waals surface area contributed by atoms with Gasteiger partial charge in [0.2, 0.25) is 5.91 Å². The topological polar surface area (TPSA) is 74.8 Å². The number of halogens is 1. The van der Waals surface area contributed by atoms with E-state index in [1.807, 2.05) is 38.1 Å². The van der Waals surface area contributed by atoms with Crippen molar-refractivity contribution in [2.45, 2.75) is 33.3 Å². The van der Waals surface area contributed by atoms with Crippen LogP contribution in [0.3, 0.4) is 0 Å². The lowest BCUT2D eigenvalue weighted by molar-refractivity contribution is -0.114. The molecule has 0 aromatic heterocycles. The smallest absolute Gasteiger partial charge is 0.221 e. The zero-order valence-electron chi connectivity index (χ0n) is 17.2.